The van der Waals surface area contributed by atoms with E-state index in [0.717, 1.165) is 31.3 Å². The Morgan fingerprint density at radius 1 is 1.33 bits per heavy atom. The quantitative estimate of drug-likeness (QED) is 0.528. The molecular weight excluding hydrogens is 188 g/mol. The van der Waals surface area contributed by atoms with Crippen LogP contribution >= 0.6 is 0 Å². The first kappa shape index (κ1) is 11.8. The molecule has 1 rings (SSSR count). The van der Waals surface area contributed by atoms with Crippen molar-refractivity contribution >= 4 is 6.29 Å². The van der Waals surface area contributed by atoms with E-state index in [9.17, 15) is 4.79 Å². The Morgan fingerprint density at radius 2 is 2.13 bits per heavy atom. The summed E-state index contributed by atoms with van der Waals surface area (Å²) in [5, 5.41) is 0. The van der Waals surface area contributed by atoms with Gasteiger partial charge in [0.25, 0.3) is 0 Å². The predicted octanol–water partition coefficient (Wildman–Crippen LogP) is 2.92. The molecular formula is C13H18O2. The van der Waals surface area contributed by atoms with Crippen molar-refractivity contribution in [1.29, 1.82) is 0 Å². The molecule has 0 heterocycles. The molecule has 0 bridgehead atoms. The van der Waals surface area contributed by atoms with Gasteiger partial charge in [-0.25, -0.2) is 0 Å². The number of carbonyl (C=O) groups is 1. The standard InChI is InChI=1S/C13H18O2/c1-11-10-13(15-2)8-7-12(11)6-4-3-5-9-14/h7-10H,3-6H2,1-2H3. The third-order valence-corrected chi connectivity index (χ3v) is 2.57. The maximum atomic E-state index is 10.2. The van der Waals surface area contributed by atoms with E-state index in [2.05, 4.69) is 19.1 Å². The summed E-state index contributed by atoms with van der Waals surface area (Å²) in [7, 11) is 1.68. The summed E-state index contributed by atoms with van der Waals surface area (Å²) in [5.74, 6) is 0.907. The summed E-state index contributed by atoms with van der Waals surface area (Å²) in [6, 6.07) is 6.15. The second-order valence-electron chi connectivity index (χ2n) is 3.70. The van der Waals surface area contributed by atoms with Crippen molar-refractivity contribution in [2.24, 2.45) is 0 Å². The van der Waals surface area contributed by atoms with Crippen molar-refractivity contribution in [3.05, 3.63) is 29.3 Å². The number of hydrogen-bond donors (Lipinski definition) is 0. The van der Waals surface area contributed by atoms with Gasteiger partial charge in [0.1, 0.15) is 12.0 Å². The Hall–Kier alpha value is -1.31. The van der Waals surface area contributed by atoms with E-state index in [1.807, 2.05) is 6.07 Å². The Morgan fingerprint density at radius 3 is 2.73 bits per heavy atom. The van der Waals surface area contributed by atoms with Gasteiger partial charge in [-0.2, -0.15) is 0 Å². The SMILES string of the molecule is COc1ccc(CCCCC=O)c(C)c1. The summed E-state index contributed by atoms with van der Waals surface area (Å²) in [5.41, 5.74) is 2.61. The highest BCUT2D eigenvalue weighted by atomic mass is 16.5. The van der Waals surface area contributed by atoms with Crippen LogP contribution in [0, 0.1) is 6.92 Å². The van der Waals surface area contributed by atoms with E-state index in [4.69, 9.17) is 4.74 Å². The molecule has 0 aromatic heterocycles. The number of carbonyl (C=O) groups excluding carboxylic acids is 1. The van der Waals surface area contributed by atoms with Crippen molar-refractivity contribution < 1.29 is 9.53 Å². The molecule has 0 fully saturated rings. The van der Waals surface area contributed by atoms with Crippen molar-refractivity contribution in [3.63, 3.8) is 0 Å². The normalized spacial score (nSPS) is 10.0. The number of rotatable bonds is 6. The minimum atomic E-state index is 0.676. The number of methoxy groups -OCH3 is 1. The lowest BCUT2D eigenvalue weighted by Crippen LogP contribution is -1.92. The van der Waals surface area contributed by atoms with Gasteiger partial charge in [-0.1, -0.05) is 6.07 Å². The fourth-order valence-electron chi connectivity index (χ4n) is 1.62. The molecule has 1 aromatic rings. The van der Waals surface area contributed by atoms with Crippen LogP contribution in [0.1, 0.15) is 30.4 Å². The molecule has 0 N–H and O–H groups in total. The molecule has 0 unspecified atom stereocenters. The Bertz CT molecular complexity index is 318. The lowest BCUT2D eigenvalue weighted by molar-refractivity contribution is -0.107. The van der Waals surface area contributed by atoms with Crippen LogP contribution in [-0.4, -0.2) is 13.4 Å². The molecule has 2 nitrogen and oxygen atoms in total. The van der Waals surface area contributed by atoms with Crippen LogP contribution in [0.5, 0.6) is 5.75 Å². The molecule has 1 aromatic carbocycles. The van der Waals surface area contributed by atoms with Gasteiger partial charge in [0, 0.05) is 6.42 Å². The van der Waals surface area contributed by atoms with E-state index in [-0.39, 0.29) is 0 Å². The lowest BCUT2D eigenvalue weighted by atomic mass is 10.0. The highest BCUT2D eigenvalue weighted by Crippen LogP contribution is 2.18. The Kier molecular flexibility index (Phi) is 4.88. The van der Waals surface area contributed by atoms with Gasteiger partial charge in [-0.15, -0.1) is 0 Å². The molecule has 0 aliphatic carbocycles. The van der Waals surface area contributed by atoms with Gasteiger partial charge < -0.3 is 9.53 Å². The smallest absolute Gasteiger partial charge is 0.119 e. The zero-order valence-corrected chi connectivity index (χ0v) is 9.45. The van der Waals surface area contributed by atoms with Crippen LogP contribution in [0.3, 0.4) is 0 Å². The Balaban J connectivity index is 2.50. The zero-order valence-electron chi connectivity index (χ0n) is 9.45. The molecule has 15 heavy (non-hydrogen) atoms. The van der Waals surface area contributed by atoms with Crippen molar-refractivity contribution in [2.75, 3.05) is 7.11 Å². The fraction of sp³-hybridized carbons (Fsp3) is 0.462. The summed E-state index contributed by atoms with van der Waals surface area (Å²) < 4.78 is 5.15. The van der Waals surface area contributed by atoms with Gasteiger partial charge in [-0.3, -0.25) is 0 Å². The third kappa shape index (κ3) is 3.74. The average Bonchev–Trinajstić information content (AvgIpc) is 2.26. The van der Waals surface area contributed by atoms with E-state index < -0.39 is 0 Å². The molecule has 2 heteroatoms. The van der Waals surface area contributed by atoms with Crippen LogP contribution in [0.4, 0.5) is 0 Å². The number of benzene rings is 1. The summed E-state index contributed by atoms with van der Waals surface area (Å²) in [6.07, 6.45) is 4.76. The number of hydrogen-bond acceptors (Lipinski definition) is 2. The van der Waals surface area contributed by atoms with Crippen LogP contribution in [0.25, 0.3) is 0 Å². The lowest BCUT2D eigenvalue weighted by Gasteiger charge is -2.07. The topological polar surface area (TPSA) is 26.3 Å². The number of unbranched alkanes of at least 4 members (excludes halogenated alkanes) is 2. The molecule has 0 amide bonds. The molecule has 0 aliphatic rings. The second-order valence-corrected chi connectivity index (χ2v) is 3.70. The first-order valence-corrected chi connectivity index (χ1v) is 5.35. The molecule has 0 spiro atoms. The average molecular weight is 206 g/mol. The molecule has 0 atom stereocenters. The summed E-state index contributed by atoms with van der Waals surface area (Å²) in [6.45, 7) is 2.09. The summed E-state index contributed by atoms with van der Waals surface area (Å²) in [4.78, 5) is 10.2. The van der Waals surface area contributed by atoms with Gasteiger partial charge in [0.2, 0.25) is 0 Å². The molecule has 82 valence electrons. The Labute approximate surface area is 91.3 Å². The molecule has 0 radical (unpaired) electrons. The predicted molar refractivity (Wildman–Crippen MR) is 61.4 cm³/mol. The third-order valence-electron chi connectivity index (χ3n) is 2.57. The van der Waals surface area contributed by atoms with Gasteiger partial charge in [-0.05, 0) is 49.4 Å². The number of ether oxygens (including phenoxy) is 1. The van der Waals surface area contributed by atoms with Crippen molar-refractivity contribution in [1.82, 2.24) is 0 Å². The second kappa shape index (κ2) is 6.23. The van der Waals surface area contributed by atoms with Crippen LogP contribution in [0.15, 0.2) is 18.2 Å². The highest BCUT2D eigenvalue weighted by Gasteiger charge is 2.00. The molecule has 0 saturated heterocycles. The minimum Gasteiger partial charge on any atom is -0.497 e. The van der Waals surface area contributed by atoms with E-state index in [0.29, 0.717) is 6.42 Å². The van der Waals surface area contributed by atoms with Crippen molar-refractivity contribution in [3.8, 4) is 5.75 Å². The van der Waals surface area contributed by atoms with Crippen LogP contribution in [-0.2, 0) is 11.2 Å². The van der Waals surface area contributed by atoms with Gasteiger partial charge in [0.05, 0.1) is 7.11 Å². The highest BCUT2D eigenvalue weighted by molar-refractivity contribution is 5.49. The maximum absolute atomic E-state index is 10.2. The van der Waals surface area contributed by atoms with Crippen LogP contribution < -0.4 is 4.74 Å². The first-order valence-electron chi connectivity index (χ1n) is 5.35. The molecule has 0 aliphatic heterocycles. The van der Waals surface area contributed by atoms with Crippen LogP contribution in [0.2, 0.25) is 0 Å². The zero-order chi connectivity index (χ0) is 11.1. The van der Waals surface area contributed by atoms with Gasteiger partial charge >= 0.3 is 0 Å². The largest absolute Gasteiger partial charge is 0.497 e. The van der Waals surface area contributed by atoms with E-state index >= 15 is 0 Å². The minimum absolute atomic E-state index is 0.676. The van der Waals surface area contributed by atoms with E-state index in [1.54, 1.807) is 7.11 Å². The maximum Gasteiger partial charge on any atom is 0.119 e. The fourth-order valence-corrected chi connectivity index (χ4v) is 1.62. The number of aryl methyl sites for hydroxylation is 2. The van der Waals surface area contributed by atoms with Gasteiger partial charge in [0.15, 0.2) is 0 Å². The first-order chi connectivity index (χ1) is 7.27. The monoisotopic (exact) mass is 206 g/mol. The van der Waals surface area contributed by atoms with Crippen molar-refractivity contribution in [2.45, 2.75) is 32.6 Å². The number of aldehydes is 1. The summed E-state index contributed by atoms with van der Waals surface area (Å²) >= 11 is 0. The van der Waals surface area contributed by atoms with E-state index in [1.165, 1.54) is 11.1 Å². The molecule has 0 saturated carbocycles.